The first kappa shape index (κ1) is 23.6. The van der Waals surface area contributed by atoms with Gasteiger partial charge in [-0.3, -0.25) is 14.8 Å². The largest absolute Gasteiger partial charge is 0.493 e. The lowest BCUT2D eigenvalue weighted by Gasteiger charge is -2.13. The number of hydrogen-bond donors (Lipinski definition) is 1. The van der Waals surface area contributed by atoms with E-state index in [1.165, 1.54) is 33.5 Å². The Morgan fingerprint density at radius 2 is 1.48 bits per heavy atom. The Labute approximate surface area is 191 Å². The number of anilines is 1. The molecular formula is C23H22N2O7S. The molecule has 0 saturated carbocycles. The van der Waals surface area contributed by atoms with Crippen molar-refractivity contribution in [2.75, 3.05) is 26.1 Å². The van der Waals surface area contributed by atoms with Gasteiger partial charge < -0.3 is 14.2 Å². The van der Waals surface area contributed by atoms with E-state index in [0.29, 0.717) is 28.5 Å². The predicted octanol–water partition coefficient (Wildman–Crippen LogP) is 4.59. The van der Waals surface area contributed by atoms with Crippen LogP contribution in [0.2, 0.25) is 0 Å². The zero-order chi connectivity index (χ0) is 24.0. The average molecular weight is 471 g/mol. The molecule has 0 spiro atoms. The molecule has 0 aliphatic heterocycles. The van der Waals surface area contributed by atoms with Gasteiger partial charge in [-0.25, -0.2) is 8.42 Å². The molecule has 3 aromatic carbocycles. The van der Waals surface area contributed by atoms with E-state index in [4.69, 9.17) is 14.2 Å². The van der Waals surface area contributed by atoms with Crippen LogP contribution in [0.5, 0.6) is 17.2 Å². The fraction of sp³-hybridized carbons (Fsp3) is 0.130. The summed E-state index contributed by atoms with van der Waals surface area (Å²) in [7, 11) is 0.604. The number of benzene rings is 3. The van der Waals surface area contributed by atoms with E-state index >= 15 is 0 Å². The van der Waals surface area contributed by atoms with Crippen LogP contribution in [0.4, 0.5) is 11.4 Å². The number of para-hydroxylation sites is 1. The summed E-state index contributed by atoms with van der Waals surface area (Å²) < 4.78 is 44.2. The molecule has 0 aliphatic rings. The Balaban J connectivity index is 1.91. The van der Waals surface area contributed by atoms with Gasteiger partial charge in [-0.2, -0.15) is 0 Å². The number of nitro groups is 1. The van der Waals surface area contributed by atoms with Crippen molar-refractivity contribution in [2.45, 2.75) is 4.90 Å². The highest BCUT2D eigenvalue weighted by Crippen LogP contribution is 2.38. The molecule has 0 heterocycles. The van der Waals surface area contributed by atoms with E-state index in [1.807, 2.05) is 0 Å². The maximum atomic E-state index is 12.8. The third-order valence-electron chi connectivity index (χ3n) is 4.71. The van der Waals surface area contributed by atoms with E-state index in [-0.39, 0.29) is 10.6 Å². The van der Waals surface area contributed by atoms with Gasteiger partial charge >= 0.3 is 0 Å². The smallest absolute Gasteiger partial charge is 0.269 e. The predicted molar refractivity (Wildman–Crippen MR) is 125 cm³/mol. The van der Waals surface area contributed by atoms with Gasteiger partial charge in [0.1, 0.15) is 0 Å². The second-order valence-corrected chi connectivity index (χ2v) is 8.42. The Bertz CT molecular complexity index is 1260. The minimum Gasteiger partial charge on any atom is -0.493 e. The lowest BCUT2D eigenvalue weighted by atomic mass is 10.1. The standard InChI is InChI=1S/C23H22N2O7S/c1-30-21-14-16(15-22(31-2)23(21)32-3)8-9-17-6-4-5-7-20(17)24-33(28,29)19-12-10-18(11-13-19)25(26)27/h4-15,24H,1-3H3/b9-8-. The first-order chi connectivity index (χ1) is 15.8. The van der Waals surface area contributed by atoms with E-state index in [0.717, 1.165) is 17.7 Å². The number of ether oxygens (including phenoxy) is 3. The van der Waals surface area contributed by atoms with E-state index in [9.17, 15) is 18.5 Å². The van der Waals surface area contributed by atoms with Gasteiger partial charge in [-0.1, -0.05) is 30.4 Å². The molecule has 33 heavy (non-hydrogen) atoms. The van der Waals surface area contributed by atoms with Crippen molar-refractivity contribution < 1.29 is 27.6 Å². The minimum absolute atomic E-state index is 0.0866. The maximum Gasteiger partial charge on any atom is 0.269 e. The maximum absolute atomic E-state index is 12.8. The number of non-ortho nitro benzene ring substituents is 1. The number of nitro benzene ring substituents is 1. The van der Waals surface area contributed by atoms with Crippen LogP contribution < -0.4 is 18.9 Å². The molecule has 0 atom stereocenters. The summed E-state index contributed by atoms with van der Waals surface area (Å²) in [6.07, 6.45) is 3.53. The molecule has 0 unspecified atom stereocenters. The highest BCUT2D eigenvalue weighted by Gasteiger charge is 2.17. The number of methoxy groups -OCH3 is 3. The summed E-state index contributed by atoms with van der Waals surface area (Å²) in [6.45, 7) is 0. The van der Waals surface area contributed by atoms with Crippen LogP contribution in [-0.4, -0.2) is 34.7 Å². The first-order valence-corrected chi connectivity index (χ1v) is 11.1. The number of nitrogens with one attached hydrogen (secondary N) is 1. The molecule has 3 rings (SSSR count). The first-order valence-electron chi connectivity index (χ1n) is 9.63. The number of sulfonamides is 1. The second-order valence-electron chi connectivity index (χ2n) is 6.74. The Morgan fingerprint density at radius 3 is 2.03 bits per heavy atom. The van der Waals surface area contributed by atoms with Crippen molar-refractivity contribution in [3.8, 4) is 17.2 Å². The molecule has 3 aromatic rings. The lowest BCUT2D eigenvalue weighted by molar-refractivity contribution is -0.384. The Morgan fingerprint density at radius 1 is 0.879 bits per heavy atom. The fourth-order valence-electron chi connectivity index (χ4n) is 3.07. The van der Waals surface area contributed by atoms with Gasteiger partial charge in [0.05, 0.1) is 36.8 Å². The normalized spacial score (nSPS) is 11.2. The molecule has 0 aliphatic carbocycles. The lowest BCUT2D eigenvalue weighted by Crippen LogP contribution is -2.13. The fourth-order valence-corrected chi connectivity index (χ4v) is 4.16. The molecule has 0 radical (unpaired) electrons. The SMILES string of the molecule is COc1cc(/C=C\c2ccccc2NS(=O)(=O)c2ccc([N+](=O)[O-])cc2)cc(OC)c1OC. The van der Waals surface area contributed by atoms with Crippen LogP contribution in [-0.2, 0) is 10.0 Å². The molecule has 172 valence electrons. The van der Waals surface area contributed by atoms with Gasteiger partial charge in [-0.05, 0) is 41.5 Å². The summed E-state index contributed by atoms with van der Waals surface area (Å²) in [4.78, 5) is 10.1. The van der Waals surface area contributed by atoms with Crippen molar-refractivity contribution >= 4 is 33.6 Å². The molecule has 0 amide bonds. The third-order valence-corrected chi connectivity index (χ3v) is 6.09. The highest BCUT2D eigenvalue weighted by atomic mass is 32.2. The van der Waals surface area contributed by atoms with Gasteiger partial charge in [0.15, 0.2) is 11.5 Å². The molecule has 0 fully saturated rings. The Hall–Kier alpha value is -4.05. The number of nitrogens with zero attached hydrogens (tertiary/aromatic N) is 1. The van der Waals surface area contributed by atoms with Crippen LogP contribution in [0.15, 0.2) is 65.6 Å². The third kappa shape index (κ3) is 5.42. The van der Waals surface area contributed by atoms with Gasteiger partial charge in [0.25, 0.3) is 15.7 Å². The number of rotatable bonds is 9. The molecule has 9 nitrogen and oxygen atoms in total. The van der Waals surface area contributed by atoms with Crippen molar-refractivity contribution in [1.29, 1.82) is 0 Å². The van der Waals surface area contributed by atoms with E-state index in [2.05, 4.69) is 4.72 Å². The van der Waals surface area contributed by atoms with Crippen molar-refractivity contribution in [3.63, 3.8) is 0 Å². The molecular weight excluding hydrogens is 448 g/mol. The van der Waals surface area contributed by atoms with Crippen LogP contribution in [0, 0.1) is 10.1 Å². The highest BCUT2D eigenvalue weighted by molar-refractivity contribution is 7.92. The summed E-state index contributed by atoms with van der Waals surface area (Å²) >= 11 is 0. The van der Waals surface area contributed by atoms with Crippen LogP contribution in [0.25, 0.3) is 12.2 Å². The van der Waals surface area contributed by atoms with Crippen molar-refractivity contribution in [3.05, 3.63) is 81.9 Å². The zero-order valence-electron chi connectivity index (χ0n) is 18.1. The van der Waals surface area contributed by atoms with Crippen LogP contribution in [0.3, 0.4) is 0 Å². The topological polar surface area (TPSA) is 117 Å². The summed E-state index contributed by atoms with van der Waals surface area (Å²) in [6, 6.07) is 15.0. The Kier molecular flexibility index (Phi) is 7.19. The van der Waals surface area contributed by atoms with Gasteiger partial charge in [-0.15, -0.1) is 0 Å². The summed E-state index contributed by atoms with van der Waals surface area (Å²) in [5.74, 6) is 1.45. The zero-order valence-corrected chi connectivity index (χ0v) is 19.0. The summed E-state index contributed by atoms with van der Waals surface area (Å²) in [5.41, 5.74) is 1.51. The number of hydrogen-bond acceptors (Lipinski definition) is 7. The van der Waals surface area contributed by atoms with Crippen LogP contribution in [0.1, 0.15) is 11.1 Å². The van der Waals surface area contributed by atoms with Crippen molar-refractivity contribution in [2.24, 2.45) is 0 Å². The van der Waals surface area contributed by atoms with Crippen molar-refractivity contribution in [1.82, 2.24) is 0 Å². The van der Waals surface area contributed by atoms with Crippen LogP contribution >= 0.6 is 0 Å². The summed E-state index contributed by atoms with van der Waals surface area (Å²) in [5, 5.41) is 10.8. The van der Waals surface area contributed by atoms with E-state index < -0.39 is 14.9 Å². The molecule has 0 aromatic heterocycles. The molecule has 1 N–H and O–H groups in total. The monoisotopic (exact) mass is 470 g/mol. The van der Waals surface area contributed by atoms with Gasteiger partial charge in [0, 0.05) is 12.1 Å². The van der Waals surface area contributed by atoms with E-state index in [1.54, 1.807) is 48.6 Å². The van der Waals surface area contributed by atoms with Gasteiger partial charge in [0.2, 0.25) is 5.75 Å². The second kappa shape index (κ2) is 10.0. The molecule has 0 saturated heterocycles. The minimum atomic E-state index is -3.95. The molecule has 10 heteroatoms. The molecule has 0 bridgehead atoms. The quantitative estimate of drug-likeness (QED) is 0.276. The average Bonchev–Trinajstić information content (AvgIpc) is 2.82.